The lowest BCUT2D eigenvalue weighted by molar-refractivity contribution is 0.0128. The third-order valence-electron chi connectivity index (χ3n) is 2.78. The number of nitrogens with zero attached hydrogens (tertiary/aromatic N) is 1. The standard InChI is InChI=1S/C10H22N2O3S/c1-16(13,14)9-7-12-5-2-10(3-6-12)15-8-4-11/h10H,2-9,11H2,1H3. The van der Waals surface area contributed by atoms with Gasteiger partial charge in [-0.3, -0.25) is 0 Å². The molecule has 0 aliphatic carbocycles. The Morgan fingerprint density at radius 3 is 2.50 bits per heavy atom. The van der Waals surface area contributed by atoms with Crippen molar-refractivity contribution in [2.45, 2.75) is 18.9 Å². The molecule has 96 valence electrons. The molecule has 1 rings (SSSR count). The molecule has 0 saturated carbocycles. The Bertz CT molecular complexity index is 284. The molecule has 2 N–H and O–H groups in total. The molecule has 1 aliphatic rings. The Hall–Kier alpha value is -0.170. The molecule has 0 spiro atoms. The Labute approximate surface area is 97.9 Å². The van der Waals surface area contributed by atoms with Gasteiger partial charge < -0.3 is 15.4 Å². The van der Waals surface area contributed by atoms with Crippen molar-refractivity contribution in [1.29, 1.82) is 0 Å². The van der Waals surface area contributed by atoms with Gasteiger partial charge >= 0.3 is 0 Å². The summed E-state index contributed by atoms with van der Waals surface area (Å²) < 4.78 is 27.6. The summed E-state index contributed by atoms with van der Waals surface area (Å²) in [6.45, 7) is 3.67. The van der Waals surface area contributed by atoms with E-state index in [-0.39, 0.29) is 5.75 Å². The van der Waals surface area contributed by atoms with Gasteiger partial charge in [0.25, 0.3) is 0 Å². The molecular formula is C10H22N2O3S. The summed E-state index contributed by atoms with van der Waals surface area (Å²) in [4.78, 5) is 2.18. The van der Waals surface area contributed by atoms with E-state index in [0.717, 1.165) is 25.9 Å². The Balaban J connectivity index is 2.17. The maximum Gasteiger partial charge on any atom is 0.148 e. The highest BCUT2D eigenvalue weighted by Crippen LogP contribution is 2.13. The Morgan fingerprint density at radius 2 is 2.00 bits per heavy atom. The summed E-state index contributed by atoms with van der Waals surface area (Å²) in [6.07, 6.45) is 3.54. The van der Waals surface area contributed by atoms with Crippen molar-refractivity contribution in [1.82, 2.24) is 4.90 Å². The third-order valence-corrected chi connectivity index (χ3v) is 3.71. The quantitative estimate of drug-likeness (QED) is 0.686. The number of nitrogens with two attached hydrogens (primary N) is 1. The van der Waals surface area contributed by atoms with Crippen LogP contribution in [0.25, 0.3) is 0 Å². The van der Waals surface area contributed by atoms with Crippen LogP contribution in [0.2, 0.25) is 0 Å². The topological polar surface area (TPSA) is 72.6 Å². The van der Waals surface area contributed by atoms with E-state index in [1.807, 2.05) is 0 Å². The number of sulfone groups is 1. The van der Waals surface area contributed by atoms with E-state index in [2.05, 4.69) is 4.90 Å². The number of likely N-dealkylation sites (tertiary alicyclic amines) is 1. The van der Waals surface area contributed by atoms with Crippen LogP contribution in [-0.4, -0.2) is 64.2 Å². The number of hydrogen-bond acceptors (Lipinski definition) is 5. The summed E-state index contributed by atoms with van der Waals surface area (Å²) in [5.41, 5.74) is 5.37. The van der Waals surface area contributed by atoms with Crippen molar-refractivity contribution in [3.8, 4) is 0 Å². The fourth-order valence-corrected chi connectivity index (χ4v) is 2.42. The molecule has 1 fully saturated rings. The maximum absolute atomic E-state index is 11.0. The van der Waals surface area contributed by atoms with E-state index in [4.69, 9.17) is 10.5 Å². The first-order valence-corrected chi connectivity index (χ1v) is 7.79. The predicted octanol–water partition coefficient (Wildman–Crippen LogP) is -0.529. The van der Waals surface area contributed by atoms with Gasteiger partial charge in [-0.15, -0.1) is 0 Å². The van der Waals surface area contributed by atoms with E-state index in [9.17, 15) is 8.42 Å². The van der Waals surface area contributed by atoms with E-state index in [1.165, 1.54) is 6.26 Å². The molecule has 0 aromatic carbocycles. The lowest BCUT2D eigenvalue weighted by Gasteiger charge is -2.31. The lowest BCUT2D eigenvalue weighted by Crippen LogP contribution is -2.39. The fraction of sp³-hybridized carbons (Fsp3) is 1.00. The molecule has 0 aromatic heterocycles. The fourth-order valence-electron chi connectivity index (χ4n) is 1.83. The van der Waals surface area contributed by atoms with Gasteiger partial charge in [-0.25, -0.2) is 8.42 Å². The van der Waals surface area contributed by atoms with Crippen LogP contribution in [0.1, 0.15) is 12.8 Å². The van der Waals surface area contributed by atoms with E-state index >= 15 is 0 Å². The molecule has 1 aliphatic heterocycles. The SMILES string of the molecule is CS(=O)(=O)CCN1CCC(OCCN)CC1. The van der Waals surface area contributed by atoms with Crippen molar-refractivity contribution in [3.05, 3.63) is 0 Å². The second kappa shape index (κ2) is 6.54. The average molecular weight is 250 g/mol. The predicted molar refractivity (Wildman–Crippen MR) is 64.2 cm³/mol. The smallest absolute Gasteiger partial charge is 0.148 e. The summed E-state index contributed by atoms with van der Waals surface area (Å²) in [7, 11) is -2.84. The van der Waals surface area contributed by atoms with Gasteiger partial charge in [0.1, 0.15) is 9.84 Å². The van der Waals surface area contributed by atoms with E-state index in [1.54, 1.807) is 0 Å². The molecule has 0 aromatic rings. The van der Waals surface area contributed by atoms with Crippen LogP contribution in [0.5, 0.6) is 0 Å². The van der Waals surface area contributed by atoms with Gasteiger partial charge in [0.05, 0.1) is 18.5 Å². The molecule has 0 amide bonds. The van der Waals surface area contributed by atoms with Crippen molar-refractivity contribution in [2.24, 2.45) is 5.73 Å². The molecule has 5 nitrogen and oxygen atoms in total. The first kappa shape index (κ1) is 13.9. The minimum atomic E-state index is -2.84. The molecule has 1 saturated heterocycles. The number of hydrogen-bond donors (Lipinski definition) is 1. The number of piperidine rings is 1. The van der Waals surface area contributed by atoms with E-state index < -0.39 is 9.84 Å². The monoisotopic (exact) mass is 250 g/mol. The van der Waals surface area contributed by atoms with Gasteiger partial charge in [-0.1, -0.05) is 0 Å². The van der Waals surface area contributed by atoms with E-state index in [0.29, 0.717) is 25.8 Å². The highest BCUT2D eigenvalue weighted by atomic mass is 32.2. The molecule has 0 atom stereocenters. The largest absolute Gasteiger partial charge is 0.377 e. The summed E-state index contributed by atoms with van der Waals surface area (Å²) in [5, 5.41) is 0. The van der Waals surface area contributed by atoms with Gasteiger partial charge in [0, 0.05) is 32.4 Å². The van der Waals surface area contributed by atoms with Gasteiger partial charge in [0.15, 0.2) is 0 Å². The first-order chi connectivity index (χ1) is 7.51. The average Bonchev–Trinajstić information content (AvgIpc) is 2.24. The highest BCUT2D eigenvalue weighted by molar-refractivity contribution is 7.90. The van der Waals surface area contributed by atoms with Crippen molar-refractivity contribution >= 4 is 9.84 Å². The van der Waals surface area contributed by atoms with Gasteiger partial charge in [-0.05, 0) is 12.8 Å². The molecule has 0 bridgehead atoms. The Morgan fingerprint density at radius 1 is 1.38 bits per heavy atom. The molecule has 0 radical (unpaired) electrons. The zero-order chi connectivity index (χ0) is 12.0. The molecule has 1 heterocycles. The van der Waals surface area contributed by atoms with Crippen molar-refractivity contribution < 1.29 is 13.2 Å². The summed E-state index contributed by atoms with van der Waals surface area (Å²) >= 11 is 0. The number of ether oxygens (including phenoxy) is 1. The van der Waals surface area contributed by atoms with Gasteiger partial charge in [-0.2, -0.15) is 0 Å². The minimum Gasteiger partial charge on any atom is -0.377 e. The van der Waals surface area contributed by atoms with Crippen molar-refractivity contribution in [3.63, 3.8) is 0 Å². The molecule has 6 heteroatoms. The van der Waals surface area contributed by atoms with Crippen LogP contribution in [0.15, 0.2) is 0 Å². The third kappa shape index (κ3) is 5.79. The highest BCUT2D eigenvalue weighted by Gasteiger charge is 2.19. The molecular weight excluding hydrogens is 228 g/mol. The van der Waals surface area contributed by atoms with Crippen LogP contribution in [0.4, 0.5) is 0 Å². The van der Waals surface area contributed by atoms with Crippen LogP contribution in [0, 0.1) is 0 Å². The zero-order valence-corrected chi connectivity index (χ0v) is 10.7. The first-order valence-electron chi connectivity index (χ1n) is 5.73. The molecule has 16 heavy (non-hydrogen) atoms. The van der Waals surface area contributed by atoms with Crippen LogP contribution >= 0.6 is 0 Å². The maximum atomic E-state index is 11.0. The Kier molecular flexibility index (Phi) is 5.68. The molecule has 0 unspecified atom stereocenters. The summed E-state index contributed by atoms with van der Waals surface area (Å²) in [6, 6.07) is 0. The lowest BCUT2D eigenvalue weighted by atomic mass is 10.1. The summed E-state index contributed by atoms with van der Waals surface area (Å²) in [5.74, 6) is 0.251. The second-order valence-electron chi connectivity index (χ2n) is 4.33. The normalized spacial score (nSPS) is 20.1. The van der Waals surface area contributed by atoms with Crippen LogP contribution in [0.3, 0.4) is 0 Å². The minimum absolute atomic E-state index is 0.251. The van der Waals surface area contributed by atoms with Gasteiger partial charge in [0.2, 0.25) is 0 Å². The van der Waals surface area contributed by atoms with Crippen LogP contribution in [-0.2, 0) is 14.6 Å². The number of rotatable bonds is 6. The van der Waals surface area contributed by atoms with Crippen molar-refractivity contribution in [2.75, 3.05) is 44.8 Å². The second-order valence-corrected chi connectivity index (χ2v) is 6.59. The van der Waals surface area contributed by atoms with Crippen LogP contribution < -0.4 is 5.73 Å². The zero-order valence-electron chi connectivity index (χ0n) is 9.89.